The van der Waals surface area contributed by atoms with Crippen LogP contribution in [0.3, 0.4) is 0 Å². The highest BCUT2D eigenvalue weighted by atomic mass is 16.5. The minimum atomic E-state index is 0.309. The highest BCUT2D eigenvalue weighted by molar-refractivity contribution is 5.16. The van der Waals surface area contributed by atoms with Crippen molar-refractivity contribution in [2.45, 2.75) is 25.4 Å². The third-order valence-corrected chi connectivity index (χ3v) is 2.54. The third kappa shape index (κ3) is 4.60. The van der Waals surface area contributed by atoms with Crippen LogP contribution in [0.5, 0.6) is 0 Å². The number of nitrogens with one attached hydrogen (secondary N) is 1. The van der Waals surface area contributed by atoms with Gasteiger partial charge in [0.1, 0.15) is 0 Å². The molecule has 0 saturated carbocycles. The summed E-state index contributed by atoms with van der Waals surface area (Å²) in [6.07, 6.45) is 2.89. The Bertz CT molecular complexity index is 297. The molecule has 0 radical (unpaired) electrons. The maximum atomic E-state index is 5.22. The summed E-state index contributed by atoms with van der Waals surface area (Å²) in [6, 6.07) is 11.1. The molecule has 88 valence electrons. The van der Waals surface area contributed by atoms with Crippen LogP contribution in [0.25, 0.3) is 0 Å². The van der Waals surface area contributed by atoms with Crippen molar-refractivity contribution in [1.29, 1.82) is 0 Å². The molecule has 2 nitrogen and oxygen atoms in total. The molecule has 2 unspecified atom stereocenters. The van der Waals surface area contributed by atoms with Crippen LogP contribution in [0.15, 0.2) is 43.0 Å². The van der Waals surface area contributed by atoms with Crippen molar-refractivity contribution >= 4 is 0 Å². The summed E-state index contributed by atoms with van der Waals surface area (Å²) in [6.45, 7) is 6.59. The third-order valence-electron chi connectivity index (χ3n) is 2.54. The van der Waals surface area contributed by atoms with Gasteiger partial charge in [-0.15, -0.1) is 6.58 Å². The number of benzene rings is 1. The number of hydrogen-bond acceptors (Lipinski definition) is 2. The van der Waals surface area contributed by atoms with E-state index in [1.165, 1.54) is 5.56 Å². The van der Waals surface area contributed by atoms with Gasteiger partial charge in [-0.1, -0.05) is 36.4 Å². The van der Waals surface area contributed by atoms with Crippen molar-refractivity contribution < 1.29 is 4.74 Å². The van der Waals surface area contributed by atoms with Gasteiger partial charge in [0.15, 0.2) is 0 Å². The van der Waals surface area contributed by atoms with Crippen LogP contribution in [0.4, 0.5) is 0 Å². The molecule has 0 aromatic heterocycles. The Hall–Kier alpha value is -1.12. The molecule has 1 N–H and O–H groups in total. The minimum Gasteiger partial charge on any atom is -0.383 e. The van der Waals surface area contributed by atoms with Gasteiger partial charge in [-0.3, -0.25) is 0 Å². The van der Waals surface area contributed by atoms with E-state index >= 15 is 0 Å². The molecule has 0 aliphatic heterocycles. The molecule has 0 saturated heterocycles. The average molecular weight is 219 g/mol. The van der Waals surface area contributed by atoms with Gasteiger partial charge >= 0.3 is 0 Å². The van der Waals surface area contributed by atoms with Crippen LogP contribution in [0.2, 0.25) is 0 Å². The molecule has 0 aliphatic carbocycles. The Balaban J connectivity index is 2.53. The smallest absolute Gasteiger partial charge is 0.0619 e. The first-order chi connectivity index (χ1) is 7.76. The minimum absolute atomic E-state index is 0.309. The van der Waals surface area contributed by atoms with E-state index < -0.39 is 0 Å². The van der Waals surface area contributed by atoms with Gasteiger partial charge in [-0.2, -0.15) is 0 Å². The molecular weight excluding hydrogens is 198 g/mol. The van der Waals surface area contributed by atoms with Gasteiger partial charge in [0.2, 0.25) is 0 Å². The van der Waals surface area contributed by atoms with Crippen molar-refractivity contribution in [2.75, 3.05) is 13.7 Å². The maximum Gasteiger partial charge on any atom is 0.0619 e. The zero-order valence-electron chi connectivity index (χ0n) is 10.1. The molecule has 16 heavy (non-hydrogen) atoms. The first-order valence-electron chi connectivity index (χ1n) is 5.67. The Labute approximate surface area is 98.3 Å². The SMILES string of the molecule is C=CC(C)NC(COC)Cc1ccccc1. The summed E-state index contributed by atoms with van der Waals surface area (Å²) in [5, 5.41) is 3.47. The van der Waals surface area contributed by atoms with Gasteiger partial charge in [-0.05, 0) is 18.9 Å². The highest BCUT2D eigenvalue weighted by Gasteiger charge is 2.10. The van der Waals surface area contributed by atoms with E-state index in [0.29, 0.717) is 18.7 Å². The Morgan fingerprint density at radius 2 is 2.06 bits per heavy atom. The van der Waals surface area contributed by atoms with Crippen molar-refractivity contribution in [3.05, 3.63) is 48.6 Å². The van der Waals surface area contributed by atoms with Crippen molar-refractivity contribution in [1.82, 2.24) is 5.32 Å². The van der Waals surface area contributed by atoms with E-state index in [4.69, 9.17) is 4.74 Å². The summed E-state index contributed by atoms with van der Waals surface area (Å²) >= 11 is 0. The lowest BCUT2D eigenvalue weighted by Crippen LogP contribution is -2.40. The highest BCUT2D eigenvalue weighted by Crippen LogP contribution is 2.04. The van der Waals surface area contributed by atoms with Crippen LogP contribution in [0, 0.1) is 0 Å². The molecule has 1 aromatic rings. The molecule has 0 spiro atoms. The molecule has 0 amide bonds. The Kier molecular flexibility index (Phi) is 5.83. The van der Waals surface area contributed by atoms with Gasteiger partial charge < -0.3 is 10.1 Å². The monoisotopic (exact) mass is 219 g/mol. The maximum absolute atomic E-state index is 5.22. The second-order valence-electron chi connectivity index (χ2n) is 4.03. The van der Waals surface area contributed by atoms with Gasteiger partial charge in [0.05, 0.1) is 6.61 Å². The second kappa shape index (κ2) is 7.20. The van der Waals surface area contributed by atoms with E-state index in [9.17, 15) is 0 Å². The predicted molar refractivity (Wildman–Crippen MR) is 68.6 cm³/mol. The normalized spacial score (nSPS) is 14.4. The van der Waals surface area contributed by atoms with Crippen LogP contribution >= 0.6 is 0 Å². The van der Waals surface area contributed by atoms with Crippen LogP contribution < -0.4 is 5.32 Å². The number of hydrogen-bond donors (Lipinski definition) is 1. The lowest BCUT2D eigenvalue weighted by atomic mass is 10.1. The Morgan fingerprint density at radius 1 is 1.38 bits per heavy atom. The summed E-state index contributed by atoms with van der Waals surface area (Å²) in [5.41, 5.74) is 1.33. The van der Waals surface area contributed by atoms with E-state index in [1.54, 1.807) is 7.11 Å². The Morgan fingerprint density at radius 3 is 2.62 bits per heavy atom. The van der Waals surface area contributed by atoms with E-state index in [1.807, 2.05) is 12.1 Å². The van der Waals surface area contributed by atoms with Crippen LogP contribution in [-0.2, 0) is 11.2 Å². The van der Waals surface area contributed by atoms with Crippen LogP contribution in [-0.4, -0.2) is 25.8 Å². The summed E-state index contributed by atoms with van der Waals surface area (Å²) in [4.78, 5) is 0. The van der Waals surface area contributed by atoms with Crippen molar-refractivity contribution in [2.24, 2.45) is 0 Å². The van der Waals surface area contributed by atoms with Crippen LogP contribution in [0.1, 0.15) is 12.5 Å². The number of rotatable bonds is 7. The van der Waals surface area contributed by atoms with E-state index in [2.05, 4.69) is 43.1 Å². The van der Waals surface area contributed by atoms with Crippen molar-refractivity contribution in [3.8, 4) is 0 Å². The zero-order valence-corrected chi connectivity index (χ0v) is 10.1. The summed E-state index contributed by atoms with van der Waals surface area (Å²) in [5.74, 6) is 0. The molecule has 2 atom stereocenters. The first kappa shape index (κ1) is 12.9. The second-order valence-corrected chi connectivity index (χ2v) is 4.03. The molecule has 2 heteroatoms. The lowest BCUT2D eigenvalue weighted by molar-refractivity contribution is 0.163. The number of methoxy groups -OCH3 is 1. The molecule has 0 heterocycles. The standard InChI is InChI=1S/C14H21NO/c1-4-12(2)15-14(11-16-3)10-13-8-6-5-7-9-13/h4-9,12,14-15H,1,10-11H2,2-3H3. The van der Waals surface area contributed by atoms with Crippen molar-refractivity contribution in [3.63, 3.8) is 0 Å². The summed E-state index contributed by atoms with van der Waals surface area (Å²) in [7, 11) is 1.73. The summed E-state index contributed by atoms with van der Waals surface area (Å²) < 4.78 is 5.22. The molecule has 1 rings (SSSR count). The molecule has 1 aromatic carbocycles. The average Bonchev–Trinajstić information content (AvgIpc) is 2.30. The first-order valence-corrected chi connectivity index (χ1v) is 5.67. The zero-order chi connectivity index (χ0) is 11.8. The quantitative estimate of drug-likeness (QED) is 0.711. The largest absolute Gasteiger partial charge is 0.383 e. The topological polar surface area (TPSA) is 21.3 Å². The number of ether oxygens (including phenoxy) is 1. The van der Waals surface area contributed by atoms with Gasteiger partial charge in [-0.25, -0.2) is 0 Å². The van der Waals surface area contributed by atoms with Gasteiger partial charge in [0, 0.05) is 19.2 Å². The van der Waals surface area contributed by atoms with Gasteiger partial charge in [0.25, 0.3) is 0 Å². The lowest BCUT2D eigenvalue weighted by Gasteiger charge is -2.21. The van der Waals surface area contributed by atoms with E-state index in [0.717, 1.165) is 6.42 Å². The predicted octanol–water partition coefficient (Wildman–Crippen LogP) is 2.41. The fourth-order valence-corrected chi connectivity index (χ4v) is 1.71. The fourth-order valence-electron chi connectivity index (χ4n) is 1.71. The molecule has 0 bridgehead atoms. The molecular formula is C14H21NO. The molecule has 0 fully saturated rings. The fraction of sp³-hybridized carbons (Fsp3) is 0.429. The van der Waals surface area contributed by atoms with E-state index in [-0.39, 0.29) is 0 Å². The molecule has 0 aliphatic rings.